The smallest absolute Gasteiger partial charge is 0.0697 e. The zero-order valence-electron chi connectivity index (χ0n) is 27.2. The standard InChI is InChI=1S/C36H54N4/c1-25(2)37(26(3)4)31-19-13-16-22-34(31)40(35-23-17-14-20-32(35)38(27(5)6)28(7)8)36-24-18-15-21-33(36)39(29(9)10)30(11)12/h13-30H,1-12H3. The highest BCUT2D eigenvalue weighted by Gasteiger charge is 2.29. The molecule has 0 aromatic heterocycles. The van der Waals surface area contributed by atoms with E-state index in [1.165, 1.54) is 34.1 Å². The van der Waals surface area contributed by atoms with Crippen molar-refractivity contribution >= 4 is 34.1 Å². The van der Waals surface area contributed by atoms with Gasteiger partial charge in [-0.25, -0.2) is 0 Å². The first kappa shape index (κ1) is 31.4. The Bertz CT molecular complexity index is 1040. The maximum atomic E-state index is 2.54. The van der Waals surface area contributed by atoms with Gasteiger partial charge >= 0.3 is 0 Å². The lowest BCUT2D eigenvalue weighted by Gasteiger charge is -2.42. The van der Waals surface area contributed by atoms with E-state index >= 15 is 0 Å². The Kier molecular flexibility index (Phi) is 10.6. The predicted octanol–water partition coefficient (Wildman–Crippen LogP) is 10.0. The van der Waals surface area contributed by atoms with Crippen molar-refractivity contribution in [2.24, 2.45) is 0 Å². The monoisotopic (exact) mass is 542 g/mol. The fraction of sp³-hybridized carbons (Fsp3) is 0.500. The van der Waals surface area contributed by atoms with Gasteiger partial charge in [-0.15, -0.1) is 0 Å². The molecule has 0 fully saturated rings. The number of hydrogen-bond donors (Lipinski definition) is 0. The topological polar surface area (TPSA) is 13.0 Å². The highest BCUT2D eigenvalue weighted by atomic mass is 15.3. The van der Waals surface area contributed by atoms with Crippen LogP contribution in [0.2, 0.25) is 0 Å². The molecule has 0 aliphatic carbocycles. The van der Waals surface area contributed by atoms with Crippen LogP contribution in [0.25, 0.3) is 0 Å². The van der Waals surface area contributed by atoms with E-state index in [2.05, 4.69) is 175 Å². The van der Waals surface area contributed by atoms with E-state index in [0.29, 0.717) is 36.3 Å². The Morgan fingerprint density at radius 1 is 0.300 bits per heavy atom. The molecule has 0 saturated heterocycles. The van der Waals surface area contributed by atoms with Crippen LogP contribution in [0.1, 0.15) is 83.1 Å². The average molecular weight is 543 g/mol. The van der Waals surface area contributed by atoms with Crippen molar-refractivity contribution in [3.05, 3.63) is 72.8 Å². The second-order valence-corrected chi connectivity index (χ2v) is 12.6. The van der Waals surface area contributed by atoms with Crippen LogP contribution in [0, 0.1) is 0 Å². The quantitative estimate of drug-likeness (QED) is 0.226. The maximum Gasteiger partial charge on any atom is 0.0697 e. The third kappa shape index (κ3) is 6.59. The van der Waals surface area contributed by atoms with Crippen molar-refractivity contribution < 1.29 is 0 Å². The lowest BCUT2D eigenvalue weighted by molar-refractivity contribution is 0.605. The molecule has 3 rings (SSSR count). The molecule has 0 heterocycles. The van der Waals surface area contributed by atoms with E-state index in [4.69, 9.17) is 0 Å². The van der Waals surface area contributed by atoms with E-state index in [9.17, 15) is 0 Å². The molecule has 0 bridgehead atoms. The van der Waals surface area contributed by atoms with Crippen molar-refractivity contribution in [3.8, 4) is 0 Å². The summed E-state index contributed by atoms with van der Waals surface area (Å²) < 4.78 is 0. The summed E-state index contributed by atoms with van der Waals surface area (Å²) in [5.41, 5.74) is 7.34. The van der Waals surface area contributed by atoms with Crippen LogP contribution in [0.3, 0.4) is 0 Å². The molecule has 0 aliphatic heterocycles. The number of benzene rings is 3. The van der Waals surface area contributed by atoms with Gasteiger partial charge in [0, 0.05) is 36.3 Å². The third-order valence-electron chi connectivity index (χ3n) is 7.54. The number of para-hydroxylation sites is 6. The van der Waals surface area contributed by atoms with Crippen LogP contribution >= 0.6 is 0 Å². The van der Waals surface area contributed by atoms with Crippen LogP contribution in [-0.4, -0.2) is 36.3 Å². The molecule has 3 aromatic rings. The van der Waals surface area contributed by atoms with Crippen molar-refractivity contribution in [2.45, 2.75) is 119 Å². The summed E-state index contributed by atoms with van der Waals surface area (Å²) in [5, 5.41) is 0. The molecule has 4 nitrogen and oxygen atoms in total. The fourth-order valence-corrected chi connectivity index (χ4v) is 6.46. The van der Waals surface area contributed by atoms with Crippen LogP contribution < -0.4 is 19.6 Å². The van der Waals surface area contributed by atoms with Crippen LogP contribution in [0.5, 0.6) is 0 Å². The molecule has 0 atom stereocenters. The second-order valence-electron chi connectivity index (χ2n) is 12.6. The Labute approximate surface area is 245 Å². The van der Waals surface area contributed by atoms with Gasteiger partial charge in [0.1, 0.15) is 0 Å². The van der Waals surface area contributed by atoms with Gasteiger partial charge in [0.25, 0.3) is 0 Å². The van der Waals surface area contributed by atoms with Gasteiger partial charge in [0.05, 0.1) is 34.1 Å². The van der Waals surface area contributed by atoms with Crippen molar-refractivity contribution in [3.63, 3.8) is 0 Å². The summed E-state index contributed by atoms with van der Waals surface area (Å²) in [4.78, 5) is 10.1. The molecule has 3 aromatic carbocycles. The Hall–Kier alpha value is -3.14. The fourth-order valence-electron chi connectivity index (χ4n) is 6.46. The van der Waals surface area contributed by atoms with E-state index in [-0.39, 0.29) is 0 Å². The lowest BCUT2D eigenvalue weighted by atomic mass is 10.1. The SMILES string of the molecule is CC(C)N(c1ccccc1N(c1ccccc1N(C(C)C)C(C)C)c1ccccc1N(C(C)C)C(C)C)C(C)C. The maximum absolute atomic E-state index is 2.54. The van der Waals surface area contributed by atoms with E-state index in [1.807, 2.05) is 0 Å². The van der Waals surface area contributed by atoms with Gasteiger partial charge in [-0.05, 0) is 119 Å². The summed E-state index contributed by atoms with van der Waals surface area (Å²) in [5.74, 6) is 0. The molecule has 218 valence electrons. The number of hydrogen-bond acceptors (Lipinski definition) is 4. The Morgan fingerprint density at radius 3 is 0.650 bits per heavy atom. The van der Waals surface area contributed by atoms with Crippen LogP contribution in [-0.2, 0) is 0 Å². The Morgan fingerprint density at radius 2 is 0.475 bits per heavy atom. The highest BCUT2D eigenvalue weighted by Crippen LogP contribution is 2.48. The number of rotatable bonds is 12. The van der Waals surface area contributed by atoms with E-state index < -0.39 is 0 Å². The molecule has 0 spiro atoms. The third-order valence-corrected chi connectivity index (χ3v) is 7.54. The number of nitrogens with zero attached hydrogens (tertiary/aromatic N) is 4. The summed E-state index contributed by atoms with van der Waals surface area (Å²) in [6.45, 7) is 27.5. The first-order chi connectivity index (χ1) is 18.9. The molecular weight excluding hydrogens is 488 g/mol. The van der Waals surface area contributed by atoms with Gasteiger partial charge in [-0.1, -0.05) is 36.4 Å². The van der Waals surface area contributed by atoms with Crippen molar-refractivity contribution in [1.82, 2.24) is 0 Å². The summed E-state index contributed by atoms with van der Waals surface area (Å²) in [6, 6.07) is 29.0. The van der Waals surface area contributed by atoms with Crippen LogP contribution in [0.4, 0.5) is 34.1 Å². The van der Waals surface area contributed by atoms with Gasteiger partial charge in [-0.2, -0.15) is 0 Å². The summed E-state index contributed by atoms with van der Waals surface area (Å²) in [6.07, 6.45) is 0. The highest BCUT2D eigenvalue weighted by molar-refractivity contribution is 5.94. The molecular formula is C36H54N4. The van der Waals surface area contributed by atoms with E-state index in [0.717, 1.165) is 0 Å². The minimum atomic E-state index is 0.360. The zero-order valence-corrected chi connectivity index (χ0v) is 27.2. The largest absolute Gasteiger partial charge is 0.365 e. The molecule has 0 aliphatic rings. The molecule has 0 N–H and O–H groups in total. The lowest BCUT2D eigenvalue weighted by Crippen LogP contribution is -2.40. The van der Waals surface area contributed by atoms with Gasteiger partial charge in [0.2, 0.25) is 0 Å². The van der Waals surface area contributed by atoms with Gasteiger partial charge in [0.15, 0.2) is 0 Å². The first-order valence-electron chi connectivity index (χ1n) is 15.3. The van der Waals surface area contributed by atoms with Crippen molar-refractivity contribution in [1.29, 1.82) is 0 Å². The number of anilines is 6. The molecule has 40 heavy (non-hydrogen) atoms. The van der Waals surface area contributed by atoms with Gasteiger partial charge < -0.3 is 19.6 Å². The second kappa shape index (κ2) is 13.5. The van der Waals surface area contributed by atoms with Gasteiger partial charge in [-0.3, -0.25) is 0 Å². The van der Waals surface area contributed by atoms with Crippen LogP contribution in [0.15, 0.2) is 72.8 Å². The molecule has 0 amide bonds. The zero-order chi connectivity index (χ0) is 29.7. The summed E-state index contributed by atoms with van der Waals surface area (Å²) >= 11 is 0. The van der Waals surface area contributed by atoms with E-state index in [1.54, 1.807) is 0 Å². The molecule has 0 unspecified atom stereocenters. The molecule has 0 radical (unpaired) electrons. The first-order valence-corrected chi connectivity index (χ1v) is 15.3. The minimum absolute atomic E-state index is 0.360. The average Bonchev–Trinajstić information content (AvgIpc) is 2.86. The Balaban J connectivity index is 2.48. The molecule has 4 heteroatoms. The van der Waals surface area contributed by atoms with Crippen molar-refractivity contribution in [2.75, 3.05) is 19.6 Å². The molecule has 0 saturated carbocycles. The minimum Gasteiger partial charge on any atom is -0.365 e. The predicted molar refractivity (Wildman–Crippen MR) is 179 cm³/mol. The normalized spacial score (nSPS) is 11.8. The summed E-state index contributed by atoms with van der Waals surface area (Å²) in [7, 11) is 0.